The molecule has 0 saturated heterocycles. The molecule has 0 aliphatic heterocycles. The molecule has 104 valence electrons. The highest BCUT2D eigenvalue weighted by atomic mass is 15.1. The quantitative estimate of drug-likeness (QED) is 0.632. The maximum atomic E-state index is 3.74. The molecule has 0 spiro atoms. The largest absolute Gasteiger partial charge is 0.313 e. The van der Waals surface area contributed by atoms with Crippen LogP contribution in [0.3, 0.4) is 0 Å². The summed E-state index contributed by atoms with van der Waals surface area (Å²) in [6, 6.07) is 0.700. The summed E-state index contributed by atoms with van der Waals surface area (Å²) in [5, 5.41) is 3.74. The van der Waals surface area contributed by atoms with Crippen LogP contribution in [0, 0.1) is 11.8 Å². The minimum atomic E-state index is 0.700. The minimum Gasteiger partial charge on any atom is -0.313 e. The van der Waals surface area contributed by atoms with Gasteiger partial charge in [-0.15, -0.1) is 0 Å². The van der Waals surface area contributed by atoms with Gasteiger partial charge < -0.3 is 10.2 Å². The Bertz CT molecular complexity index is 152. The van der Waals surface area contributed by atoms with Gasteiger partial charge in [0, 0.05) is 19.1 Å². The Morgan fingerprint density at radius 2 is 1.35 bits per heavy atom. The first-order valence-corrected chi connectivity index (χ1v) is 7.45. The lowest BCUT2D eigenvalue weighted by molar-refractivity contribution is 0.282. The third-order valence-electron chi connectivity index (χ3n) is 3.27. The van der Waals surface area contributed by atoms with E-state index in [1.807, 2.05) is 0 Å². The molecule has 0 aromatic heterocycles. The van der Waals surface area contributed by atoms with Crippen molar-refractivity contribution in [2.24, 2.45) is 11.8 Å². The molecule has 0 atom stereocenters. The van der Waals surface area contributed by atoms with Crippen LogP contribution in [0.4, 0.5) is 0 Å². The standard InChI is InChI=1S/C15H34N2/c1-7-17(8-2)10-9-16-15(11-13(3)4)12-14(5)6/h13-16H,7-12H2,1-6H3. The Balaban J connectivity index is 3.89. The molecule has 2 nitrogen and oxygen atoms in total. The summed E-state index contributed by atoms with van der Waals surface area (Å²) in [4.78, 5) is 2.48. The predicted molar refractivity (Wildman–Crippen MR) is 78.5 cm³/mol. The van der Waals surface area contributed by atoms with Crippen molar-refractivity contribution in [2.45, 2.75) is 60.4 Å². The maximum absolute atomic E-state index is 3.74. The average Bonchev–Trinajstić information content (AvgIpc) is 2.22. The zero-order chi connectivity index (χ0) is 13.3. The second kappa shape index (κ2) is 9.90. The Hall–Kier alpha value is -0.0800. The molecular formula is C15H34N2. The Labute approximate surface area is 109 Å². The molecule has 0 aromatic carbocycles. The highest BCUT2D eigenvalue weighted by Gasteiger charge is 2.12. The summed E-state index contributed by atoms with van der Waals surface area (Å²) in [6.07, 6.45) is 2.60. The van der Waals surface area contributed by atoms with Crippen molar-refractivity contribution in [1.29, 1.82) is 0 Å². The van der Waals surface area contributed by atoms with Gasteiger partial charge in [0.1, 0.15) is 0 Å². The van der Waals surface area contributed by atoms with Gasteiger partial charge in [0.2, 0.25) is 0 Å². The molecular weight excluding hydrogens is 208 g/mol. The van der Waals surface area contributed by atoms with E-state index in [1.54, 1.807) is 0 Å². The van der Waals surface area contributed by atoms with Crippen LogP contribution in [-0.4, -0.2) is 37.1 Å². The van der Waals surface area contributed by atoms with Crippen LogP contribution in [0.5, 0.6) is 0 Å². The van der Waals surface area contributed by atoms with Gasteiger partial charge in [-0.2, -0.15) is 0 Å². The molecule has 1 N–H and O–H groups in total. The number of likely N-dealkylation sites (N-methyl/N-ethyl adjacent to an activating group) is 1. The van der Waals surface area contributed by atoms with Crippen LogP contribution in [0.25, 0.3) is 0 Å². The van der Waals surface area contributed by atoms with Gasteiger partial charge in [-0.3, -0.25) is 0 Å². The van der Waals surface area contributed by atoms with Crippen molar-refractivity contribution in [1.82, 2.24) is 10.2 Å². The van der Waals surface area contributed by atoms with E-state index in [1.165, 1.54) is 19.4 Å². The number of hydrogen-bond donors (Lipinski definition) is 1. The molecule has 0 bridgehead atoms. The van der Waals surface area contributed by atoms with Gasteiger partial charge >= 0.3 is 0 Å². The topological polar surface area (TPSA) is 15.3 Å². The minimum absolute atomic E-state index is 0.700. The van der Waals surface area contributed by atoms with Crippen molar-refractivity contribution in [3.63, 3.8) is 0 Å². The molecule has 0 aromatic rings. The average molecular weight is 242 g/mol. The second-order valence-corrected chi connectivity index (χ2v) is 5.94. The number of rotatable bonds is 10. The maximum Gasteiger partial charge on any atom is 0.0107 e. The van der Waals surface area contributed by atoms with E-state index in [9.17, 15) is 0 Å². The molecule has 0 fully saturated rings. The highest BCUT2D eigenvalue weighted by Crippen LogP contribution is 2.12. The molecule has 2 heteroatoms. The van der Waals surface area contributed by atoms with Crippen molar-refractivity contribution >= 4 is 0 Å². The lowest BCUT2D eigenvalue weighted by atomic mass is 9.95. The third-order valence-corrected chi connectivity index (χ3v) is 3.27. The van der Waals surface area contributed by atoms with Crippen LogP contribution in [-0.2, 0) is 0 Å². The lowest BCUT2D eigenvalue weighted by Crippen LogP contribution is -2.38. The first-order chi connectivity index (χ1) is 7.99. The molecule has 0 unspecified atom stereocenters. The van der Waals surface area contributed by atoms with Gasteiger partial charge in [-0.1, -0.05) is 41.5 Å². The predicted octanol–water partition coefficient (Wildman–Crippen LogP) is 3.38. The molecule has 17 heavy (non-hydrogen) atoms. The molecule has 0 aliphatic carbocycles. The molecule has 0 amide bonds. The fourth-order valence-electron chi connectivity index (χ4n) is 2.37. The molecule has 0 radical (unpaired) electrons. The van der Waals surface area contributed by atoms with Gasteiger partial charge in [0.15, 0.2) is 0 Å². The zero-order valence-electron chi connectivity index (χ0n) is 12.9. The summed E-state index contributed by atoms with van der Waals surface area (Å²) >= 11 is 0. The van der Waals surface area contributed by atoms with E-state index in [4.69, 9.17) is 0 Å². The fraction of sp³-hybridized carbons (Fsp3) is 1.00. The first-order valence-electron chi connectivity index (χ1n) is 7.45. The van der Waals surface area contributed by atoms with Gasteiger partial charge in [0.25, 0.3) is 0 Å². The van der Waals surface area contributed by atoms with Crippen molar-refractivity contribution in [3.05, 3.63) is 0 Å². The Morgan fingerprint density at radius 3 is 1.71 bits per heavy atom. The zero-order valence-corrected chi connectivity index (χ0v) is 12.9. The van der Waals surface area contributed by atoms with Crippen molar-refractivity contribution in [3.8, 4) is 0 Å². The van der Waals surface area contributed by atoms with Crippen molar-refractivity contribution < 1.29 is 0 Å². The van der Waals surface area contributed by atoms with Crippen LogP contribution in [0.1, 0.15) is 54.4 Å². The second-order valence-electron chi connectivity index (χ2n) is 5.94. The van der Waals surface area contributed by atoms with Gasteiger partial charge in [-0.25, -0.2) is 0 Å². The number of nitrogens with one attached hydrogen (secondary N) is 1. The van der Waals surface area contributed by atoms with Crippen LogP contribution < -0.4 is 5.32 Å². The number of nitrogens with zero attached hydrogens (tertiary/aromatic N) is 1. The van der Waals surface area contributed by atoms with Gasteiger partial charge in [0.05, 0.1) is 0 Å². The Kier molecular flexibility index (Phi) is 9.85. The van der Waals surface area contributed by atoms with Crippen molar-refractivity contribution in [2.75, 3.05) is 26.2 Å². The molecule has 0 saturated carbocycles. The summed E-state index contributed by atoms with van der Waals surface area (Å²) < 4.78 is 0. The van der Waals surface area contributed by atoms with Crippen LogP contribution in [0.15, 0.2) is 0 Å². The summed E-state index contributed by atoms with van der Waals surface area (Å²) in [5.74, 6) is 1.58. The normalized spacial score (nSPS) is 12.4. The Morgan fingerprint density at radius 1 is 0.882 bits per heavy atom. The van der Waals surface area contributed by atoms with E-state index >= 15 is 0 Å². The lowest BCUT2D eigenvalue weighted by Gasteiger charge is -2.25. The highest BCUT2D eigenvalue weighted by molar-refractivity contribution is 4.71. The van der Waals surface area contributed by atoms with E-state index in [0.717, 1.165) is 31.5 Å². The SMILES string of the molecule is CCN(CC)CCNC(CC(C)C)CC(C)C. The monoisotopic (exact) mass is 242 g/mol. The smallest absolute Gasteiger partial charge is 0.0107 e. The van der Waals surface area contributed by atoms with E-state index < -0.39 is 0 Å². The fourth-order valence-corrected chi connectivity index (χ4v) is 2.37. The van der Waals surface area contributed by atoms with Crippen LogP contribution in [0.2, 0.25) is 0 Å². The number of hydrogen-bond acceptors (Lipinski definition) is 2. The summed E-state index contributed by atoms with van der Waals surface area (Å²) in [7, 11) is 0. The summed E-state index contributed by atoms with van der Waals surface area (Å²) in [6.45, 7) is 18.4. The first kappa shape index (κ1) is 16.9. The van der Waals surface area contributed by atoms with E-state index in [-0.39, 0.29) is 0 Å². The molecule has 0 aliphatic rings. The van der Waals surface area contributed by atoms with Gasteiger partial charge in [-0.05, 0) is 37.8 Å². The summed E-state index contributed by atoms with van der Waals surface area (Å²) in [5.41, 5.74) is 0. The molecule has 0 heterocycles. The van der Waals surface area contributed by atoms with Crippen LogP contribution >= 0.6 is 0 Å². The third kappa shape index (κ3) is 9.61. The molecule has 0 rings (SSSR count). The van der Waals surface area contributed by atoms with E-state index in [2.05, 4.69) is 51.8 Å². The van der Waals surface area contributed by atoms with E-state index in [0.29, 0.717) is 6.04 Å².